The summed E-state index contributed by atoms with van der Waals surface area (Å²) >= 11 is 0. The SMILES string of the molecule is O=C1O[C@@H](COC(=O)N2OC3C=CC2CC3)CN1c1ccc(N2CCS(=O)CC2)c(F)c1. The minimum Gasteiger partial charge on any atom is -0.444 e. The Bertz CT molecular complexity index is 965. The van der Waals surface area contributed by atoms with Gasteiger partial charge in [0.2, 0.25) is 0 Å². The van der Waals surface area contributed by atoms with E-state index in [1.165, 1.54) is 16.0 Å². The number of ether oxygens (including phenoxy) is 2. The molecule has 2 bridgehead atoms. The van der Waals surface area contributed by atoms with Crippen LogP contribution in [0, 0.1) is 5.82 Å². The highest BCUT2D eigenvalue weighted by Gasteiger charge is 2.38. The molecule has 4 aliphatic heterocycles. The first-order chi connectivity index (χ1) is 15.5. The number of hydrogen-bond acceptors (Lipinski definition) is 7. The van der Waals surface area contributed by atoms with Gasteiger partial charge in [-0.15, -0.1) is 0 Å². The van der Waals surface area contributed by atoms with Gasteiger partial charge in [-0.2, -0.15) is 5.06 Å². The Morgan fingerprint density at radius 3 is 2.69 bits per heavy atom. The predicted molar refractivity (Wildman–Crippen MR) is 114 cm³/mol. The smallest absolute Gasteiger partial charge is 0.434 e. The number of hydroxylamine groups is 2. The molecule has 0 saturated carbocycles. The maximum atomic E-state index is 14.8. The summed E-state index contributed by atoms with van der Waals surface area (Å²) in [6.45, 7) is 1.08. The van der Waals surface area contributed by atoms with E-state index in [4.69, 9.17) is 14.3 Å². The van der Waals surface area contributed by atoms with Crippen LogP contribution >= 0.6 is 0 Å². The second kappa shape index (κ2) is 8.70. The van der Waals surface area contributed by atoms with Crippen molar-refractivity contribution in [2.24, 2.45) is 0 Å². The minimum absolute atomic E-state index is 0.114. The summed E-state index contributed by atoms with van der Waals surface area (Å²) < 4.78 is 36.9. The average molecular weight is 466 g/mol. The largest absolute Gasteiger partial charge is 0.444 e. The number of cyclic esters (lactones) is 1. The second-order valence-electron chi connectivity index (χ2n) is 8.16. The summed E-state index contributed by atoms with van der Waals surface area (Å²) in [6.07, 6.45) is 3.54. The minimum atomic E-state index is -0.848. The van der Waals surface area contributed by atoms with Crippen molar-refractivity contribution in [3.8, 4) is 0 Å². The Morgan fingerprint density at radius 2 is 2.03 bits per heavy atom. The normalized spacial score (nSPS) is 27.7. The van der Waals surface area contributed by atoms with Crippen LogP contribution in [0.2, 0.25) is 0 Å². The zero-order valence-corrected chi connectivity index (χ0v) is 18.2. The van der Waals surface area contributed by atoms with E-state index in [0.717, 1.165) is 12.8 Å². The van der Waals surface area contributed by atoms with E-state index < -0.39 is 34.9 Å². The molecule has 0 radical (unpaired) electrons. The van der Waals surface area contributed by atoms with E-state index in [9.17, 15) is 18.2 Å². The molecule has 5 aliphatic rings. The molecule has 1 aromatic carbocycles. The van der Waals surface area contributed by atoms with Gasteiger partial charge in [-0.1, -0.05) is 12.2 Å². The molecular formula is C21H24FN3O6S. The molecule has 9 nitrogen and oxygen atoms in total. The van der Waals surface area contributed by atoms with Gasteiger partial charge in [0.15, 0.2) is 6.10 Å². The summed E-state index contributed by atoms with van der Waals surface area (Å²) in [7, 11) is -0.848. The number of nitrogens with zero attached hydrogens (tertiary/aromatic N) is 3. The standard InChI is InChI=1S/C21H24FN3O6S/c22-18-11-15(3-6-19(18)23-7-9-32(28)10-8-23)24-12-17(30-20(24)26)13-29-21(27)25-14-1-4-16(31-25)5-2-14/h1,3-4,6,11,14,16-17H,2,5,7-10,12-13H2/t14?,16?,17-/m1/s1. The molecular weight excluding hydrogens is 441 g/mol. The van der Waals surface area contributed by atoms with Gasteiger partial charge < -0.3 is 14.4 Å². The van der Waals surface area contributed by atoms with Crippen LogP contribution in [0.5, 0.6) is 0 Å². The lowest BCUT2D eigenvalue weighted by molar-refractivity contribution is -0.209. The lowest BCUT2D eigenvalue weighted by Gasteiger charge is -2.39. The van der Waals surface area contributed by atoms with Crippen molar-refractivity contribution < 1.29 is 32.5 Å². The molecule has 3 saturated heterocycles. The zero-order chi connectivity index (χ0) is 22.2. The summed E-state index contributed by atoms with van der Waals surface area (Å²) in [5.74, 6) is 0.573. The van der Waals surface area contributed by atoms with Crippen LogP contribution in [0.25, 0.3) is 0 Å². The van der Waals surface area contributed by atoms with Crippen LogP contribution in [0.4, 0.5) is 25.4 Å². The molecule has 3 fully saturated rings. The molecule has 0 N–H and O–H groups in total. The number of anilines is 2. The number of carbonyl (C=O) groups is 2. The highest BCUT2D eigenvalue weighted by Crippen LogP contribution is 2.30. The Kier molecular flexibility index (Phi) is 5.76. The van der Waals surface area contributed by atoms with E-state index in [0.29, 0.717) is 36.0 Å². The molecule has 1 aliphatic carbocycles. The lowest BCUT2D eigenvalue weighted by atomic mass is 9.99. The van der Waals surface area contributed by atoms with Gasteiger partial charge in [-0.25, -0.2) is 14.0 Å². The van der Waals surface area contributed by atoms with Crippen molar-refractivity contribution in [1.82, 2.24) is 5.06 Å². The fourth-order valence-corrected chi connectivity index (χ4v) is 5.36. The van der Waals surface area contributed by atoms with Crippen molar-refractivity contribution in [2.75, 3.05) is 47.5 Å². The number of benzene rings is 1. The van der Waals surface area contributed by atoms with Crippen LogP contribution in [0.15, 0.2) is 30.4 Å². The third-order valence-electron chi connectivity index (χ3n) is 6.05. The zero-order valence-electron chi connectivity index (χ0n) is 17.4. The molecule has 0 aromatic heterocycles. The number of halogens is 1. The fraction of sp³-hybridized carbons (Fsp3) is 0.524. The van der Waals surface area contributed by atoms with E-state index >= 15 is 0 Å². The first kappa shape index (κ1) is 21.2. The number of rotatable bonds is 4. The third kappa shape index (κ3) is 4.18. The highest BCUT2D eigenvalue weighted by atomic mass is 32.2. The molecule has 1 aromatic rings. The Labute approximate surface area is 187 Å². The number of amides is 2. The van der Waals surface area contributed by atoms with Crippen LogP contribution in [-0.2, 0) is 25.1 Å². The molecule has 11 heteroatoms. The van der Waals surface area contributed by atoms with Gasteiger partial charge in [0.1, 0.15) is 18.5 Å². The maximum absolute atomic E-state index is 14.8. The van der Waals surface area contributed by atoms with Crippen molar-refractivity contribution in [2.45, 2.75) is 31.1 Å². The lowest BCUT2D eigenvalue weighted by Crippen LogP contribution is -2.49. The van der Waals surface area contributed by atoms with Crippen molar-refractivity contribution >= 4 is 34.4 Å². The quantitative estimate of drug-likeness (QED) is 0.630. The Hall–Kier alpha value is -2.66. The Balaban J connectivity index is 1.18. The molecule has 3 atom stereocenters. The maximum Gasteiger partial charge on any atom is 0.434 e. The third-order valence-corrected chi connectivity index (χ3v) is 7.33. The topological polar surface area (TPSA) is 88.6 Å². The van der Waals surface area contributed by atoms with Gasteiger partial charge in [-0.05, 0) is 31.0 Å². The van der Waals surface area contributed by atoms with Crippen molar-refractivity contribution in [3.05, 3.63) is 36.2 Å². The molecule has 4 heterocycles. The molecule has 6 rings (SSSR count). The van der Waals surface area contributed by atoms with E-state index in [1.54, 1.807) is 12.1 Å². The van der Waals surface area contributed by atoms with Crippen LogP contribution < -0.4 is 9.80 Å². The average Bonchev–Trinajstić information content (AvgIpc) is 3.19. The number of hydrogen-bond donors (Lipinski definition) is 0. The van der Waals surface area contributed by atoms with Gasteiger partial charge in [-0.3, -0.25) is 13.9 Å². The first-order valence-electron chi connectivity index (χ1n) is 10.7. The molecule has 32 heavy (non-hydrogen) atoms. The van der Waals surface area contributed by atoms with E-state index in [1.807, 2.05) is 17.1 Å². The predicted octanol–water partition coefficient (Wildman–Crippen LogP) is 2.19. The summed E-state index contributed by atoms with van der Waals surface area (Å²) in [4.78, 5) is 33.4. The summed E-state index contributed by atoms with van der Waals surface area (Å²) in [5, 5.41) is 1.23. The van der Waals surface area contributed by atoms with Crippen LogP contribution in [0.3, 0.4) is 0 Å². The number of carbonyl (C=O) groups excluding carboxylic acids is 2. The molecule has 172 valence electrons. The summed E-state index contributed by atoms with van der Waals surface area (Å²) in [6, 6.07) is 4.43. The molecule has 0 spiro atoms. The number of fused-ring (bicyclic) bond motifs is 2. The first-order valence-corrected chi connectivity index (χ1v) is 12.2. The van der Waals surface area contributed by atoms with Crippen LogP contribution in [0.1, 0.15) is 12.8 Å². The van der Waals surface area contributed by atoms with Crippen LogP contribution in [-0.4, -0.2) is 77.5 Å². The van der Waals surface area contributed by atoms with E-state index in [-0.39, 0.29) is 25.3 Å². The Morgan fingerprint density at radius 1 is 1.22 bits per heavy atom. The van der Waals surface area contributed by atoms with Gasteiger partial charge in [0, 0.05) is 35.4 Å². The monoisotopic (exact) mass is 465 g/mol. The highest BCUT2D eigenvalue weighted by molar-refractivity contribution is 7.85. The van der Waals surface area contributed by atoms with E-state index in [2.05, 4.69) is 0 Å². The van der Waals surface area contributed by atoms with Crippen molar-refractivity contribution in [1.29, 1.82) is 0 Å². The van der Waals surface area contributed by atoms with Gasteiger partial charge in [0.05, 0.1) is 24.0 Å². The summed E-state index contributed by atoms with van der Waals surface area (Å²) in [5.41, 5.74) is 0.792. The molecule has 2 amide bonds. The fourth-order valence-electron chi connectivity index (χ4n) is 4.31. The van der Waals surface area contributed by atoms with Gasteiger partial charge >= 0.3 is 12.2 Å². The second-order valence-corrected chi connectivity index (χ2v) is 9.86. The molecule has 2 unspecified atom stereocenters. The van der Waals surface area contributed by atoms with Gasteiger partial charge in [0.25, 0.3) is 0 Å². The van der Waals surface area contributed by atoms with Crippen molar-refractivity contribution in [3.63, 3.8) is 0 Å².